The highest BCUT2D eigenvalue weighted by Crippen LogP contribution is 2.46. The van der Waals surface area contributed by atoms with Gasteiger partial charge in [-0.1, -0.05) is 140 Å². The summed E-state index contributed by atoms with van der Waals surface area (Å²) in [6.07, 6.45) is 0. The quantitative estimate of drug-likeness (QED) is 0.179. The van der Waals surface area contributed by atoms with Crippen LogP contribution in [0.2, 0.25) is 0 Å². The lowest BCUT2D eigenvalue weighted by Gasteiger charge is -2.13. The summed E-state index contributed by atoms with van der Waals surface area (Å²) in [5.74, 6) is 1.87. The number of thiophene rings is 1. The largest absolute Gasteiger partial charge is 0.455 e. The Morgan fingerprint density at radius 1 is 0.389 bits per heavy atom. The highest BCUT2D eigenvalue weighted by Gasteiger charge is 2.23. The SMILES string of the molecule is c1ccc(-c2cc(-c3ccccc3)cc(-c3nc(-c4cccc5ccccc45)nc(-c4cc5c6ccccc6oc5c5c4sc4ccccc45)n3)c2)cc1. The van der Waals surface area contributed by atoms with E-state index in [-0.39, 0.29) is 0 Å². The molecule has 0 fully saturated rings. The van der Waals surface area contributed by atoms with E-state index >= 15 is 0 Å². The van der Waals surface area contributed by atoms with Gasteiger partial charge in [-0.15, -0.1) is 11.3 Å². The van der Waals surface area contributed by atoms with E-state index < -0.39 is 0 Å². The van der Waals surface area contributed by atoms with Crippen LogP contribution in [0.4, 0.5) is 0 Å². The molecule has 0 spiro atoms. The second-order valence-electron chi connectivity index (χ2n) is 13.6. The zero-order chi connectivity index (χ0) is 35.6. The Morgan fingerprint density at radius 3 is 1.72 bits per heavy atom. The van der Waals surface area contributed by atoms with Crippen LogP contribution in [0, 0.1) is 0 Å². The molecule has 8 aromatic carbocycles. The molecule has 54 heavy (non-hydrogen) atoms. The maximum Gasteiger partial charge on any atom is 0.165 e. The molecule has 5 heteroatoms. The van der Waals surface area contributed by atoms with Crippen LogP contribution in [0.1, 0.15) is 0 Å². The summed E-state index contributed by atoms with van der Waals surface area (Å²) in [6, 6.07) is 61.5. The molecule has 11 rings (SSSR count). The average Bonchev–Trinajstić information content (AvgIpc) is 3.82. The van der Waals surface area contributed by atoms with Crippen molar-refractivity contribution in [2.45, 2.75) is 0 Å². The molecule has 0 aliphatic carbocycles. The van der Waals surface area contributed by atoms with E-state index in [2.05, 4.69) is 164 Å². The van der Waals surface area contributed by atoms with E-state index in [1.807, 2.05) is 12.1 Å². The number of para-hydroxylation sites is 1. The van der Waals surface area contributed by atoms with Crippen molar-refractivity contribution in [3.8, 4) is 56.4 Å². The minimum Gasteiger partial charge on any atom is -0.455 e. The van der Waals surface area contributed by atoms with Crippen LogP contribution in [-0.2, 0) is 0 Å². The van der Waals surface area contributed by atoms with Crippen molar-refractivity contribution in [2.24, 2.45) is 0 Å². The first-order valence-corrected chi connectivity index (χ1v) is 18.8. The van der Waals surface area contributed by atoms with Crippen molar-refractivity contribution in [2.75, 3.05) is 0 Å². The van der Waals surface area contributed by atoms with Gasteiger partial charge in [0.2, 0.25) is 0 Å². The lowest BCUT2D eigenvalue weighted by atomic mass is 9.95. The first kappa shape index (κ1) is 30.7. The van der Waals surface area contributed by atoms with Gasteiger partial charge in [0.05, 0.1) is 4.70 Å². The zero-order valence-corrected chi connectivity index (χ0v) is 29.7. The topological polar surface area (TPSA) is 51.8 Å². The summed E-state index contributed by atoms with van der Waals surface area (Å²) in [7, 11) is 0. The van der Waals surface area contributed by atoms with Gasteiger partial charge in [-0.05, 0) is 69.4 Å². The van der Waals surface area contributed by atoms with Crippen LogP contribution in [-0.4, -0.2) is 15.0 Å². The van der Waals surface area contributed by atoms with E-state index in [9.17, 15) is 0 Å². The summed E-state index contributed by atoms with van der Waals surface area (Å²) < 4.78 is 8.90. The second kappa shape index (κ2) is 12.3. The predicted octanol–water partition coefficient (Wildman–Crippen LogP) is 13.6. The molecule has 0 atom stereocenters. The maximum atomic E-state index is 6.62. The molecule has 0 saturated heterocycles. The van der Waals surface area contributed by atoms with Gasteiger partial charge in [0.15, 0.2) is 17.5 Å². The highest BCUT2D eigenvalue weighted by molar-refractivity contribution is 7.26. The van der Waals surface area contributed by atoms with Crippen LogP contribution in [0.3, 0.4) is 0 Å². The molecule has 11 aromatic rings. The molecule has 0 amide bonds. The lowest BCUT2D eigenvalue weighted by Crippen LogP contribution is -2.01. The molecule has 0 unspecified atom stereocenters. The van der Waals surface area contributed by atoms with Crippen LogP contribution in [0.25, 0.3) is 109 Å². The van der Waals surface area contributed by atoms with Gasteiger partial charge in [-0.3, -0.25) is 0 Å². The monoisotopic (exact) mass is 707 g/mol. The smallest absolute Gasteiger partial charge is 0.165 e. The number of hydrogen-bond acceptors (Lipinski definition) is 5. The summed E-state index contributed by atoms with van der Waals surface area (Å²) >= 11 is 1.75. The van der Waals surface area contributed by atoms with E-state index in [1.165, 1.54) is 4.70 Å². The summed E-state index contributed by atoms with van der Waals surface area (Å²) in [5.41, 5.74) is 9.04. The van der Waals surface area contributed by atoms with Crippen molar-refractivity contribution >= 4 is 64.2 Å². The number of rotatable bonds is 5. The number of furan rings is 1. The van der Waals surface area contributed by atoms with Crippen molar-refractivity contribution in [3.63, 3.8) is 0 Å². The Bertz CT molecular complexity index is 3160. The second-order valence-corrected chi connectivity index (χ2v) is 14.6. The highest BCUT2D eigenvalue weighted by atomic mass is 32.1. The number of fused-ring (bicyclic) bond motifs is 8. The summed E-state index contributed by atoms with van der Waals surface area (Å²) in [5, 5.41) is 6.59. The molecule has 0 aliphatic rings. The van der Waals surface area contributed by atoms with Gasteiger partial charge in [0.1, 0.15) is 11.2 Å². The Labute approximate surface area is 314 Å². The Kier molecular flexibility index (Phi) is 7.00. The minimum atomic E-state index is 0.615. The number of hydrogen-bond donors (Lipinski definition) is 0. The van der Waals surface area contributed by atoms with Crippen LogP contribution >= 0.6 is 11.3 Å². The van der Waals surface area contributed by atoms with Crippen molar-refractivity contribution < 1.29 is 4.42 Å². The number of nitrogens with zero attached hydrogens (tertiary/aromatic N) is 3. The maximum absolute atomic E-state index is 6.62. The average molecular weight is 708 g/mol. The number of aromatic nitrogens is 3. The zero-order valence-electron chi connectivity index (χ0n) is 28.9. The third-order valence-electron chi connectivity index (χ3n) is 10.3. The first-order chi connectivity index (χ1) is 26.7. The van der Waals surface area contributed by atoms with E-state index in [0.717, 1.165) is 87.1 Å². The Balaban J connectivity index is 1.24. The molecular weight excluding hydrogens is 679 g/mol. The first-order valence-electron chi connectivity index (χ1n) is 18.0. The van der Waals surface area contributed by atoms with Gasteiger partial charge >= 0.3 is 0 Å². The Hall–Kier alpha value is -6.95. The van der Waals surface area contributed by atoms with Gasteiger partial charge < -0.3 is 4.42 Å². The summed E-state index contributed by atoms with van der Waals surface area (Å²) in [4.78, 5) is 16.1. The molecule has 3 heterocycles. The fraction of sp³-hybridized carbons (Fsp3) is 0. The lowest BCUT2D eigenvalue weighted by molar-refractivity contribution is 0.673. The Morgan fingerprint density at radius 2 is 0.963 bits per heavy atom. The van der Waals surface area contributed by atoms with Gasteiger partial charge in [0, 0.05) is 42.9 Å². The molecule has 252 valence electrons. The normalized spacial score (nSPS) is 11.7. The van der Waals surface area contributed by atoms with Gasteiger partial charge in [-0.25, -0.2) is 15.0 Å². The molecule has 4 nitrogen and oxygen atoms in total. The predicted molar refractivity (Wildman–Crippen MR) is 225 cm³/mol. The van der Waals surface area contributed by atoms with Crippen LogP contribution in [0.15, 0.2) is 180 Å². The fourth-order valence-electron chi connectivity index (χ4n) is 7.75. The van der Waals surface area contributed by atoms with Crippen molar-refractivity contribution in [3.05, 3.63) is 176 Å². The standard InChI is InChI=1S/C49H29N3OS/c1-3-14-30(15-4-1)33-26-34(31-16-5-2-6-17-31)28-35(27-33)47-50-48(38-23-13-19-32-18-7-8-20-36(32)38)52-49(51-47)41-29-40-37-21-9-11-24-42(37)53-45(40)44-39-22-10-12-25-43(39)54-46(41)44/h1-29H. The van der Waals surface area contributed by atoms with Crippen LogP contribution in [0.5, 0.6) is 0 Å². The molecule has 0 saturated carbocycles. The molecule has 0 bridgehead atoms. The van der Waals surface area contributed by atoms with Crippen molar-refractivity contribution in [1.29, 1.82) is 0 Å². The van der Waals surface area contributed by atoms with Crippen LogP contribution < -0.4 is 0 Å². The van der Waals surface area contributed by atoms with E-state index in [0.29, 0.717) is 17.5 Å². The van der Waals surface area contributed by atoms with E-state index in [4.69, 9.17) is 19.4 Å². The van der Waals surface area contributed by atoms with Gasteiger partial charge in [-0.2, -0.15) is 0 Å². The molecule has 0 aliphatic heterocycles. The molecule has 3 aromatic heterocycles. The summed E-state index contributed by atoms with van der Waals surface area (Å²) in [6.45, 7) is 0. The molecule has 0 N–H and O–H groups in total. The van der Waals surface area contributed by atoms with Crippen molar-refractivity contribution in [1.82, 2.24) is 15.0 Å². The van der Waals surface area contributed by atoms with E-state index in [1.54, 1.807) is 11.3 Å². The molecule has 0 radical (unpaired) electrons. The third-order valence-corrected chi connectivity index (χ3v) is 11.5. The molecular formula is C49H29N3OS. The third kappa shape index (κ3) is 5.01. The fourth-order valence-corrected chi connectivity index (χ4v) is 8.96. The van der Waals surface area contributed by atoms with Gasteiger partial charge in [0.25, 0.3) is 0 Å². The minimum absolute atomic E-state index is 0.615. The number of benzene rings is 8.